The Morgan fingerprint density at radius 1 is 1.12 bits per heavy atom. The van der Waals surface area contributed by atoms with Gasteiger partial charge in [0.2, 0.25) is 5.91 Å². The number of piperidine rings is 1. The molecule has 26 heavy (non-hydrogen) atoms. The zero-order valence-electron chi connectivity index (χ0n) is 15.5. The molecular weight excluding hydrogens is 334 g/mol. The Labute approximate surface area is 154 Å². The van der Waals surface area contributed by atoms with Gasteiger partial charge in [0.15, 0.2) is 0 Å². The van der Waals surface area contributed by atoms with Crippen molar-refractivity contribution in [2.45, 2.75) is 18.9 Å². The summed E-state index contributed by atoms with van der Waals surface area (Å²) in [6, 6.07) is 7.08. The van der Waals surface area contributed by atoms with E-state index in [9.17, 15) is 9.59 Å². The van der Waals surface area contributed by atoms with Gasteiger partial charge in [0.25, 0.3) is 0 Å². The molecule has 1 aromatic rings. The molecule has 3 amide bonds. The van der Waals surface area contributed by atoms with Gasteiger partial charge < -0.3 is 30.9 Å². The van der Waals surface area contributed by atoms with Crippen molar-refractivity contribution in [3.63, 3.8) is 0 Å². The molecule has 0 bridgehead atoms. The monoisotopic (exact) mass is 363 g/mol. The van der Waals surface area contributed by atoms with Gasteiger partial charge in [-0.15, -0.1) is 0 Å². The van der Waals surface area contributed by atoms with E-state index in [-0.39, 0.29) is 24.5 Å². The molecule has 2 rings (SSSR count). The van der Waals surface area contributed by atoms with E-state index >= 15 is 0 Å². The maximum absolute atomic E-state index is 12.1. The first kappa shape index (κ1) is 20.2. The number of methoxy groups -OCH3 is 1. The third-order valence-electron chi connectivity index (χ3n) is 4.25. The summed E-state index contributed by atoms with van der Waals surface area (Å²) in [4.78, 5) is 26.1. The van der Waals surface area contributed by atoms with Gasteiger partial charge >= 0.3 is 6.03 Å². The SMILES string of the molecule is COCCNCC(=O)Nc1ccc(NC(=O)NC2CCN(C)CC2)cc1. The van der Waals surface area contributed by atoms with Crippen LogP contribution < -0.4 is 21.3 Å². The van der Waals surface area contributed by atoms with Crippen LogP contribution in [0.5, 0.6) is 0 Å². The lowest BCUT2D eigenvalue weighted by Gasteiger charge is -2.29. The van der Waals surface area contributed by atoms with Crippen LogP contribution in [-0.4, -0.2) is 69.8 Å². The van der Waals surface area contributed by atoms with Crippen LogP contribution in [0.3, 0.4) is 0 Å². The number of nitrogens with zero attached hydrogens (tertiary/aromatic N) is 1. The number of ether oxygens (including phenoxy) is 1. The predicted molar refractivity (Wildman–Crippen MR) is 102 cm³/mol. The lowest BCUT2D eigenvalue weighted by atomic mass is 10.1. The minimum Gasteiger partial charge on any atom is -0.383 e. The van der Waals surface area contributed by atoms with Crippen molar-refractivity contribution >= 4 is 23.3 Å². The molecule has 8 heteroatoms. The van der Waals surface area contributed by atoms with E-state index in [0.717, 1.165) is 25.9 Å². The number of nitrogens with one attached hydrogen (secondary N) is 4. The van der Waals surface area contributed by atoms with Crippen LogP contribution in [0.15, 0.2) is 24.3 Å². The third kappa shape index (κ3) is 7.38. The van der Waals surface area contributed by atoms with E-state index in [0.29, 0.717) is 24.5 Å². The topological polar surface area (TPSA) is 94.7 Å². The van der Waals surface area contributed by atoms with Gasteiger partial charge in [-0.2, -0.15) is 0 Å². The predicted octanol–water partition coefficient (Wildman–Crippen LogP) is 1.08. The molecule has 0 radical (unpaired) electrons. The second kappa shape index (κ2) is 10.7. The molecule has 1 fully saturated rings. The first-order valence-corrected chi connectivity index (χ1v) is 8.92. The molecule has 0 atom stereocenters. The van der Waals surface area contributed by atoms with Crippen LogP contribution in [0.4, 0.5) is 16.2 Å². The summed E-state index contributed by atoms with van der Waals surface area (Å²) in [7, 11) is 3.71. The van der Waals surface area contributed by atoms with E-state index in [2.05, 4.69) is 33.2 Å². The van der Waals surface area contributed by atoms with Crippen LogP contribution in [0, 0.1) is 0 Å². The van der Waals surface area contributed by atoms with Crippen molar-refractivity contribution in [3.8, 4) is 0 Å². The molecule has 1 aromatic carbocycles. The molecule has 4 N–H and O–H groups in total. The van der Waals surface area contributed by atoms with E-state index in [1.807, 2.05) is 0 Å². The number of urea groups is 1. The number of rotatable bonds is 8. The average molecular weight is 363 g/mol. The number of likely N-dealkylation sites (tertiary alicyclic amines) is 1. The Morgan fingerprint density at radius 3 is 2.35 bits per heavy atom. The van der Waals surface area contributed by atoms with Crippen LogP contribution >= 0.6 is 0 Å². The zero-order chi connectivity index (χ0) is 18.8. The Hall–Kier alpha value is -2.16. The van der Waals surface area contributed by atoms with E-state index in [4.69, 9.17) is 4.74 Å². The van der Waals surface area contributed by atoms with Crippen LogP contribution in [0.2, 0.25) is 0 Å². The Bertz CT molecular complexity index is 571. The molecule has 1 aliphatic rings. The van der Waals surface area contributed by atoms with Gasteiger partial charge in [-0.1, -0.05) is 0 Å². The highest BCUT2D eigenvalue weighted by Gasteiger charge is 2.18. The van der Waals surface area contributed by atoms with Crippen molar-refractivity contribution < 1.29 is 14.3 Å². The van der Waals surface area contributed by atoms with E-state index in [1.54, 1.807) is 31.4 Å². The highest BCUT2D eigenvalue weighted by molar-refractivity contribution is 5.93. The summed E-state index contributed by atoms with van der Waals surface area (Å²) < 4.78 is 4.90. The fourth-order valence-corrected chi connectivity index (χ4v) is 2.72. The summed E-state index contributed by atoms with van der Waals surface area (Å²) in [6.07, 6.45) is 1.93. The summed E-state index contributed by atoms with van der Waals surface area (Å²) in [5.74, 6) is -0.123. The summed E-state index contributed by atoms with van der Waals surface area (Å²) in [5.41, 5.74) is 1.37. The van der Waals surface area contributed by atoms with Crippen LogP contribution in [0.25, 0.3) is 0 Å². The number of carbonyl (C=O) groups excluding carboxylic acids is 2. The molecule has 0 unspecified atom stereocenters. The van der Waals surface area contributed by atoms with Crippen LogP contribution in [0.1, 0.15) is 12.8 Å². The molecular formula is C18H29N5O3. The first-order valence-electron chi connectivity index (χ1n) is 8.92. The maximum atomic E-state index is 12.1. The molecule has 0 spiro atoms. The van der Waals surface area contributed by atoms with Crippen LogP contribution in [-0.2, 0) is 9.53 Å². The van der Waals surface area contributed by atoms with Crippen molar-refractivity contribution in [1.29, 1.82) is 0 Å². The third-order valence-corrected chi connectivity index (χ3v) is 4.25. The fourth-order valence-electron chi connectivity index (χ4n) is 2.72. The lowest BCUT2D eigenvalue weighted by Crippen LogP contribution is -2.44. The Balaban J connectivity index is 1.71. The quantitative estimate of drug-likeness (QED) is 0.519. The molecule has 144 valence electrons. The number of anilines is 2. The number of amides is 3. The molecule has 1 saturated heterocycles. The van der Waals surface area contributed by atoms with Gasteiger partial charge in [0.1, 0.15) is 0 Å². The summed E-state index contributed by atoms with van der Waals surface area (Å²) in [5, 5.41) is 11.6. The number of carbonyl (C=O) groups is 2. The highest BCUT2D eigenvalue weighted by Crippen LogP contribution is 2.14. The fraction of sp³-hybridized carbons (Fsp3) is 0.556. The zero-order valence-corrected chi connectivity index (χ0v) is 15.5. The second-order valence-corrected chi connectivity index (χ2v) is 6.47. The number of hydrogen-bond donors (Lipinski definition) is 4. The van der Waals surface area contributed by atoms with Gasteiger partial charge in [-0.05, 0) is 57.2 Å². The highest BCUT2D eigenvalue weighted by atomic mass is 16.5. The van der Waals surface area contributed by atoms with Gasteiger partial charge in [-0.3, -0.25) is 4.79 Å². The van der Waals surface area contributed by atoms with Crippen molar-refractivity contribution in [2.75, 3.05) is 57.6 Å². The number of hydrogen-bond acceptors (Lipinski definition) is 5. The van der Waals surface area contributed by atoms with E-state index < -0.39 is 0 Å². The van der Waals surface area contributed by atoms with Gasteiger partial charge in [0, 0.05) is 31.1 Å². The normalized spacial score (nSPS) is 15.5. The van der Waals surface area contributed by atoms with Crippen molar-refractivity contribution in [1.82, 2.24) is 15.5 Å². The summed E-state index contributed by atoms with van der Waals surface area (Å²) in [6.45, 7) is 3.41. The van der Waals surface area contributed by atoms with Gasteiger partial charge in [0.05, 0.1) is 13.2 Å². The largest absolute Gasteiger partial charge is 0.383 e. The summed E-state index contributed by atoms with van der Waals surface area (Å²) >= 11 is 0. The maximum Gasteiger partial charge on any atom is 0.319 e. The average Bonchev–Trinajstić information content (AvgIpc) is 2.62. The standard InChI is InChI=1S/C18H29N5O3/c1-23-10-7-16(8-11-23)22-18(25)21-15-5-3-14(4-6-15)20-17(24)13-19-9-12-26-2/h3-6,16,19H,7-13H2,1-2H3,(H,20,24)(H2,21,22,25). The molecule has 1 aliphatic heterocycles. The second-order valence-electron chi connectivity index (χ2n) is 6.47. The Kier molecular flexibility index (Phi) is 8.33. The minimum absolute atomic E-state index is 0.123. The molecule has 0 aromatic heterocycles. The van der Waals surface area contributed by atoms with E-state index in [1.165, 1.54) is 0 Å². The molecule has 1 heterocycles. The molecule has 0 aliphatic carbocycles. The van der Waals surface area contributed by atoms with Crippen molar-refractivity contribution in [2.24, 2.45) is 0 Å². The smallest absolute Gasteiger partial charge is 0.319 e. The first-order chi connectivity index (χ1) is 12.6. The van der Waals surface area contributed by atoms with Gasteiger partial charge in [-0.25, -0.2) is 4.79 Å². The van der Waals surface area contributed by atoms with Crippen molar-refractivity contribution in [3.05, 3.63) is 24.3 Å². The Morgan fingerprint density at radius 2 is 1.73 bits per heavy atom. The lowest BCUT2D eigenvalue weighted by molar-refractivity contribution is -0.115. The minimum atomic E-state index is -0.196. The number of benzene rings is 1. The molecule has 0 saturated carbocycles. The molecule has 8 nitrogen and oxygen atoms in total.